The molecule has 1 saturated heterocycles. The van der Waals surface area contributed by atoms with E-state index < -0.39 is 6.29 Å². The number of aliphatic hydroxyl groups is 1. The third-order valence-electron chi connectivity index (χ3n) is 7.87. The van der Waals surface area contributed by atoms with E-state index in [1.165, 1.54) is 0 Å². The third-order valence-corrected chi connectivity index (χ3v) is 9.05. The maximum Gasteiger partial charge on any atom is 0.224 e. The van der Waals surface area contributed by atoms with Gasteiger partial charge in [-0.15, -0.1) is 11.8 Å². The molecule has 2 amide bonds. The number of rotatable bonds is 14. The number of nitrogen functional groups attached to an aromatic ring is 1. The van der Waals surface area contributed by atoms with Crippen LogP contribution >= 0.6 is 11.8 Å². The molecule has 0 radical (unpaired) electrons. The van der Waals surface area contributed by atoms with E-state index in [9.17, 15) is 14.7 Å². The molecule has 0 bridgehead atoms. The van der Waals surface area contributed by atoms with Gasteiger partial charge in [0.1, 0.15) is 5.75 Å². The Bertz CT molecular complexity index is 1620. The first kappa shape index (κ1) is 34.0. The normalized spacial score (nSPS) is 17.5. The Kier molecular flexibility index (Phi) is 12.3. The van der Waals surface area contributed by atoms with Crippen molar-refractivity contribution in [3.05, 3.63) is 114 Å². The van der Waals surface area contributed by atoms with Gasteiger partial charge in [0.25, 0.3) is 0 Å². The molecule has 10 heteroatoms. The van der Waals surface area contributed by atoms with Crippen molar-refractivity contribution in [3.63, 3.8) is 0 Å². The van der Waals surface area contributed by atoms with E-state index in [1.54, 1.807) is 31.0 Å². The molecule has 4 aromatic rings. The number of anilines is 3. The highest BCUT2D eigenvalue weighted by molar-refractivity contribution is 7.99. The number of nitrogens with two attached hydrogens (primary N) is 1. The first-order valence-corrected chi connectivity index (χ1v) is 16.7. The van der Waals surface area contributed by atoms with Gasteiger partial charge in [-0.25, -0.2) is 0 Å². The number of amides is 2. The molecule has 47 heavy (non-hydrogen) atoms. The number of thioether (sulfide) groups is 1. The molecule has 1 heterocycles. The molecule has 1 aliphatic rings. The minimum absolute atomic E-state index is 0.0135. The third kappa shape index (κ3) is 9.82. The molecule has 246 valence electrons. The van der Waals surface area contributed by atoms with E-state index in [2.05, 4.69) is 10.6 Å². The number of para-hydroxylation sites is 3. The zero-order chi connectivity index (χ0) is 33.0. The lowest BCUT2D eigenvalue weighted by molar-refractivity contribution is -0.245. The highest BCUT2D eigenvalue weighted by Gasteiger charge is 2.32. The Hall–Kier alpha value is -4.35. The van der Waals surface area contributed by atoms with Gasteiger partial charge in [0.15, 0.2) is 6.29 Å². The lowest BCUT2D eigenvalue weighted by Crippen LogP contribution is -2.31. The monoisotopic (exact) mass is 655 g/mol. The summed E-state index contributed by atoms with van der Waals surface area (Å²) in [5.41, 5.74) is 10.4. The molecule has 0 aromatic heterocycles. The zero-order valence-corrected chi connectivity index (χ0v) is 27.2. The first-order chi connectivity index (χ1) is 22.9. The molecule has 0 spiro atoms. The van der Waals surface area contributed by atoms with Crippen LogP contribution in [0, 0.1) is 0 Å². The van der Waals surface area contributed by atoms with Crippen molar-refractivity contribution in [2.75, 3.05) is 29.2 Å². The molecule has 5 N–H and O–H groups in total. The summed E-state index contributed by atoms with van der Waals surface area (Å²) < 4.78 is 18.5. The number of hydrogen-bond donors (Lipinski definition) is 4. The van der Waals surface area contributed by atoms with Crippen LogP contribution in [0.3, 0.4) is 0 Å². The van der Waals surface area contributed by atoms with E-state index in [0.717, 1.165) is 27.3 Å². The Morgan fingerprint density at radius 2 is 1.51 bits per heavy atom. The summed E-state index contributed by atoms with van der Waals surface area (Å²) in [6.45, 7) is -0.0135. The molecule has 0 saturated carbocycles. The fraction of sp³-hybridized carbons (Fsp3) is 0.297. The number of carbonyl (C=O) groups excluding carboxylic acids is 2. The smallest absolute Gasteiger partial charge is 0.224 e. The summed E-state index contributed by atoms with van der Waals surface area (Å²) >= 11 is 1.68. The van der Waals surface area contributed by atoms with Crippen molar-refractivity contribution in [3.8, 4) is 5.75 Å². The number of aliphatic hydroxyl groups excluding tert-OH is 1. The van der Waals surface area contributed by atoms with E-state index >= 15 is 0 Å². The average Bonchev–Trinajstić information content (AvgIpc) is 3.10. The van der Waals surface area contributed by atoms with Crippen LogP contribution in [0.25, 0.3) is 0 Å². The van der Waals surface area contributed by atoms with E-state index in [4.69, 9.17) is 19.9 Å². The van der Waals surface area contributed by atoms with Gasteiger partial charge in [-0.3, -0.25) is 9.59 Å². The van der Waals surface area contributed by atoms with E-state index in [-0.39, 0.29) is 30.6 Å². The van der Waals surface area contributed by atoms with Gasteiger partial charge in [-0.1, -0.05) is 60.7 Å². The second kappa shape index (κ2) is 17.0. The molecule has 5 rings (SSSR count). The maximum absolute atomic E-state index is 12.6. The van der Waals surface area contributed by atoms with Crippen LogP contribution in [0.15, 0.2) is 102 Å². The molecular formula is C37H41N3O6S. The fourth-order valence-electron chi connectivity index (χ4n) is 5.29. The standard InChI is InChI=1S/C37H41N3O6S/c1-44-32-10-4-5-11-34(32)47-24-29-22-33(26-16-14-25(23-41)15-17-26)46-37(45-29)27-18-20-28(21-19-27)39-35(42)12-6-7-13-36(43)40-31-9-3-2-8-30(31)38/h2-5,8-11,14-21,29,33,37,41H,6-7,12-13,22-24,38H2,1H3,(H,39,42)(H,40,43)/t29-,33+,37+/m0/s1. The van der Waals surface area contributed by atoms with Crippen LogP contribution in [0.5, 0.6) is 5.75 Å². The number of unbranched alkanes of at least 4 members (excludes halogenated alkanes) is 1. The van der Waals surface area contributed by atoms with Crippen LogP contribution in [-0.4, -0.2) is 35.9 Å². The lowest BCUT2D eigenvalue weighted by atomic mass is 10.0. The molecule has 4 aromatic carbocycles. The molecule has 1 fully saturated rings. The Morgan fingerprint density at radius 3 is 2.21 bits per heavy atom. The first-order valence-electron chi connectivity index (χ1n) is 15.7. The number of carbonyl (C=O) groups is 2. The van der Waals surface area contributed by atoms with Gasteiger partial charge in [0, 0.05) is 41.2 Å². The van der Waals surface area contributed by atoms with Gasteiger partial charge in [0.2, 0.25) is 11.8 Å². The minimum atomic E-state index is -0.600. The van der Waals surface area contributed by atoms with E-state index in [1.807, 2.05) is 84.9 Å². The van der Waals surface area contributed by atoms with E-state index in [0.29, 0.717) is 54.9 Å². The molecule has 9 nitrogen and oxygen atoms in total. The topological polar surface area (TPSA) is 132 Å². The molecule has 0 aliphatic carbocycles. The summed E-state index contributed by atoms with van der Waals surface area (Å²) in [6, 6.07) is 30.4. The van der Waals surface area contributed by atoms with Crippen LogP contribution < -0.4 is 21.1 Å². The van der Waals surface area contributed by atoms with Crippen molar-refractivity contribution in [2.45, 2.75) is 62.1 Å². The van der Waals surface area contributed by atoms with Crippen molar-refractivity contribution in [1.29, 1.82) is 0 Å². The van der Waals surface area contributed by atoms with Crippen LogP contribution in [0.1, 0.15) is 61.2 Å². The Balaban J connectivity index is 1.15. The second-order valence-corrected chi connectivity index (χ2v) is 12.4. The van der Waals surface area contributed by atoms with Crippen molar-refractivity contribution >= 4 is 40.6 Å². The van der Waals surface area contributed by atoms with Gasteiger partial charge in [-0.2, -0.15) is 0 Å². The molecule has 0 unspecified atom stereocenters. The summed E-state index contributed by atoms with van der Waals surface area (Å²) in [6.07, 6.45) is 1.56. The van der Waals surface area contributed by atoms with Crippen LogP contribution in [-0.2, 0) is 25.7 Å². The van der Waals surface area contributed by atoms with Crippen molar-refractivity contribution in [1.82, 2.24) is 0 Å². The Morgan fingerprint density at radius 1 is 0.851 bits per heavy atom. The quantitative estimate of drug-likeness (QED) is 0.0635. The number of methoxy groups -OCH3 is 1. The van der Waals surface area contributed by atoms with Crippen LogP contribution in [0.2, 0.25) is 0 Å². The second-order valence-electron chi connectivity index (χ2n) is 11.3. The number of benzene rings is 4. The summed E-state index contributed by atoms with van der Waals surface area (Å²) in [5.74, 6) is 1.29. The summed E-state index contributed by atoms with van der Waals surface area (Å²) in [7, 11) is 1.67. The van der Waals surface area contributed by atoms with Crippen LogP contribution in [0.4, 0.5) is 17.1 Å². The van der Waals surface area contributed by atoms with Crippen molar-refractivity contribution < 1.29 is 28.9 Å². The number of hydrogen-bond acceptors (Lipinski definition) is 8. The highest BCUT2D eigenvalue weighted by atomic mass is 32.2. The molecular weight excluding hydrogens is 614 g/mol. The van der Waals surface area contributed by atoms with Gasteiger partial charge in [0.05, 0.1) is 37.3 Å². The highest BCUT2D eigenvalue weighted by Crippen LogP contribution is 2.40. The number of ether oxygens (including phenoxy) is 3. The van der Waals surface area contributed by atoms with Gasteiger partial charge in [-0.05, 0) is 60.4 Å². The summed E-state index contributed by atoms with van der Waals surface area (Å²) in [5, 5.41) is 15.2. The molecule has 3 atom stereocenters. The SMILES string of the molecule is COc1ccccc1SC[C@@H]1C[C@H](c2ccc(CO)cc2)O[C@H](c2ccc(NC(=O)CCCCC(=O)Nc3ccccc3N)cc2)O1. The minimum Gasteiger partial charge on any atom is -0.496 e. The predicted octanol–water partition coefficient (Wildman–Crippen LogP) is 7.25. The largest absolute Gasteiger partial charge is 0.496 e. The molecule has 1 aliphatic heterocycles. The van der Waals surface area contributed by atoms with Gasteiger partial charge >= 0.3 is 0 Å². The average molecular weight is 656 g/mol. The number of nitrogens with one attached hydrogen (secondary N) is 2. The maximum atomic E-state index is 12.6. The van der Waals surface area contributed by atoms with Crippen molar-refractivity contribution in [2.24, 2.45) is 0 Å². The van der Waals surface area contributed by atoms with Gasteiger partial charge < -0.3 is 35.7 Å². The Labute approximate surface area is 279 Å². The summed E-state index contributed by atoms with van der Waals surface area (Å²) in [4.78, 5) is 25.9. The fourth-order valence-corrected chi connectivity index (χ4v) is 6.33. The predicted molar refractivity (Wildman–Crippen MR) is 185 cm³/mol. The lowest BCUT2D eigenvalue weighted by Gasteiger charge is -2.36. The zero-order valence-electron chi connectivity index (χ0n) is 26.4.